The normalized spacial score (nSPS) is 16.9. The molecule has 1 atom stereocenters. The Morgan fingerprint density at radius 3 is 2.83 bits per heavy atom. The summed E-state index contributed by atoms with van der Waals surface area (Å²) in [6.07, 6.45) is 1.90. The lowest BCUT2D eigenvalue weighted by Gasteiger charge is -2.25. The van der Waals surface area contributed by atoms with Gasteiger partial charge in [-0.1, -0.05) is 12.1 Å². The van der Waals surface area contributed by atoms with Crippen molar-refractivity contribution in [2.24, 2.45) is 0 Å². The summed E-state index contributed by atoms with van der Waals surface area (Å²) < 4.78 is 10.5. The molecule has 0 aliphatic carbocycles. The molecule has 6 heteroatoms. The number of carbonyl (C=O) groups excluding carboxylic acids is 2. The second kappa shape index (κ2) is 8.80. The van der Waals surface area contributed by atoms with Crippen molar-refractivity contribution in [3.63, 3.8) is 0 Å². The molecule has 1 aromatic rings. The molecule has 1 unspecified atom stereocenters. The zero-order valence-electron chi connectivity index (χ0n) is 14.6. The van der Waals surface area contributed by atoms with Crippen molar-refractivity contribution < 1.29 is 19.1 Å². The van der Waals surface area contributed by atoms with E-state index in [1.165, 1.54) is 12.0 Å². The van der Waals surface area contributed by atoms with Crippen molar-refractivity contribution in [3.8, 4) is 0 Å². The predicted octanol–water partition coefficient (Wildman–Crippen LogP) is 1.90. The quantitative estimate of drug-likeness (QED) is 0.827. The van der Waals surface area contributed by atoms with Crippen LogP contribution < -0.4 is 5.32 Å². The molecule has 1 fully saturated rings. The largest absolute Gasteiger partial charge is 0.376 e. The standard InChI is InChI=1S/C18H26N2O4/c1-13-6-4-8-16(14(13)2)19-17(21)11-20(18(22)12-23-3)10-15-7-5-9-24-15/h4,6,8,15H,5,7,9-12H2,1-3H3,(H,19,21). The van der Waals surface area contributed by atoms with E-state index in [0.29, 0.717) is 13.2 Å². The lowest BCUT2D eigenvalue weighted by atomic mass is 10.1. The highest BCUT2D eigenvalue weighted by Crippen LogP contribution is 2.18. The van der Waals surface area contributed by atoms with Crippen LogP contribution in [-0.4, -0.2) is 56.2 Å². The molecule has 1 saturated heterocycles. The molecule has 2 amide bonds. The van der Waals surface area contributed by atoms with E-state index in [1.54, 1.807) is 0 Å². The molecule has 1 N–H and O–H groups in total. The maximum absolute atomic E-state index is 12.4. The Morgan fingerprint density at radius 2 is 2.17 bits per heavy atom. The summed E-state index contributed by atoms with van der Waals surface area (Å²) in [5.41, 5.74) is 2.91. The maximum Gasteiger partial charge on any atom is 0.249 e. The second-order valence-electron chi connectivity index (χ2n) is 6.14. The number of benzene rings is 1. The van der Waals surface area contributed by atoms with E-state index in [4.69, 9.17) is 9.47 Å². The van der Waals surface area contributed by atoms with Crippen LogP contribution in [0.15, 0.2) is 18.2 Å². The molecule has 0 aromatic heterocycles. The second-order valence-corrected chi connectivity index (χ2v) is 6.14. The van der Waals surface area contributed by atoms with Crippen LogP contribution in [0.5, 0.6) is 0 Å². The number of hydrogen-bond acceptors (Lipinski definition) is 4. The van der Waals surface area contributed by atoms with Crippen molar-refractivity contribution in [1.29, 1.82) is 0 Å². The minimum atomic E-state index is -0.217. The van der Waals surface area contributed by atoms with Gasteiger partial charge in [0.25, 0.3) is 0 Å². The highest BCUT2D eigenvalue weighted by atomic mass is 16.5. The van der Waals surface area contributed by atoms with Crippen LogP contribution in [-0.2, 0) is 19.1 Å². The van der Waals surface area contributed by atoms with E-state index < -0.39 is 0 Å². The zero-order valence-corrected chi connectivity index (χ0v) is 14.6. The third-order valence-corrected chi connectivity index (χ3v) is 4.28. The fourth-order valence-electron chi connectivity index (χ4n) is 2.75. The van der Waals surface area contributed by atoms with Gasteiger partial charge in [-0.3, -0.25) is 9.59 Å². The molecule has 132 valence electrons. The lowest BCUT2D eigenvalue weighted by Crippen LogP contribution is -2.43. The molecule has 0 spiro atoms. The summed E-state index contributed by atoms with van der Waals surface area (Å²) in [7, 11) is 1.47. The molecule has 1 aliphatic heterocycles. The maximum atomic E-state index is 12.4. The van der Waals surface area contributed by atoms with Crippen LogP contribution in [0.3, 0.4) is 0 Å². The number of hydrogen-bond donors (Lipinski definition) is 1. The molecule has 0 saturated carbocycles. The van der Waals surface area contributed by atoms with Gasteiger partial charge >= 0.3 is 0 Å². The molecule has 1 heterocycles. The fourth-order valence-corrected chi connectivity index (χ4v) is 2.75. The van der Waals surface area contributed by atoms with Crippen LogP contribution in [0.2, 0.25) is 0 Å². The molecule has 24 heavy (non-hydrogen) atoms. The number of nitrogens with zero attached hydrogens (tertiary/aromatic N) is 1. The Bertz CT molecular complexity index is 582. The fraction of sp³-hybridized carbons (Fsp3) is 0.556. The first kappa shape index (κ1) is 18.4. The Balaban J connectivity index is 1.99. The van der Waals surface area contributed by atoms with Gasteiger partial charge in [0, 0.05) is 25.9 Å². The van der Waals surface area contributed by atoms with Gasteiger partial charge in [-0.25, -0.2) is 0 Å². The average Bonchev–Trinajstić information content (AvgIpc) is 3.04. The summed E-state index contributed by atoms with van der Waals surface area (Å²) in [5, 5.41) is 2.89. The number of aryl methyl sites for hydroxylation is 1. The van der Waals surface area contributed by atoms with Crippen LogP contribution in [0.4, 0.5) is 5.69 Å². The number of rotatable bonds is 7. The predicted molar refractivity (Wildman–Crippen MR) is 92.0 cm³/mol. The van der Waals surface area contributed by atoms with E-state index >= 15 is 0 Å². The van der Waals surface area contributed by atoms with Crippen molar-refractivity contribution in [2.45, 2.75) is 32.8 Å². The summed E-state index contributed by atoms with van der Waals surface area (Å²) in [6, 6.07) is 5.76. The van der Waals surface area contributed by atoms with E-state index in [9.17, 15) is 9.59 Å². The Morgan fingerprint density at radius 1 is 1.38 bits per heavy atom. The number of anilines is 1. The summed E-state index contributed by atoms with van der Waals surface area (Å²) in [6.45, 7) is 5.05. The van der Waals surface area contributed by atoms with Gasteiger partial charge in [-0.2, -0.15) is 0 Å². The number of ether oxygens (including phenoxy) is 2. The van der Waals surface area contributed by atoms with Gasteiger partial charge in [0.15, 0.2) is 0 Å². The minimum absolute atomic E-state index is 0.000637. The van der Waals surface area contributed by atoms with Crippen LogP contribution >= 0.6 is 0 Å². The van der Waals surface area contributed by atoms with Crippen LogP contribution in [0.1, 0.15) is 24.0 Å². The highest BCUT2D eigenvalue weighted by molar-refractivity contribution is 5.95. The molecular weight excluding hydrogens is 308 g/mol. The Hall–Kier alpha value is -1.92. The van der Waals surface area contributed by atoms with Crippen LogP contribution in [0, 0.1) is 13.8 Å². The molecule has 1 aromatic carbocycles. The van der Waals surface area contributed by atoms with Gasteiger partial charge < -0.3 is 19.7 Å². The Labute approximate surface area is 143 Å². The zero-order chi connectivity index (χ0) is 17.5. The lowest BCUT2D eigenvalue weighted by molar-refractivity contribution is -0.139. The van der Waals surface area contributed by atoms with E-state index in [2.05, 4.69) is 5.32 Å². The average molecular weight is 334 g/mol. The molecular formula is C18H26N2O4. The van der Waals surface area contributed by atoms with E-state index in [0.717, 1.165) is 29.7 Å². The first-order chi connectivity index (χ1) is 11.5. The number of amides is 2. The third-order valence-electron chi connectivity index (χ3n) is 4.28. The smallest absolute Gasteiger partial charge is 0.249 e. The number of methoxy groups -OCH3 is 1. The Kier molecular flexibility index (Phi) is 6.75. The van der Waals surface area contributed by atoms with E-state index in [1.807, 2.05) is 32.0 Å². The van der Waals surface area contributed by atoms with Crippen molar-refractivity contribution >= 4 is 17.5 Å². The van der Waals surface area contributed by atoms with Gasteiger partial charge in [0.1, 0.15) is 13.2 Å². The van der Waals surface area contributed by atoms with Gasteiger partial charge in [-0.05, 0) is 43.9 Å². The molecule has 0 bridgehead atoms. The summed E-state index contributed by atoms with van der Waals surface area (Å²) in [4.78, 5) is 26.1. The van der Waals surface area contributed by atoms with E-state index in [-0.39, 0.29) is 31.1 Å². The summed E-state index contributed by atoms with van der Waals surface area (Å²) >= 11 is 0. The van der Waals surface area contributed by atoms with Gasteiger partial charge in [-0.15, -0.1) is 0 Å². The third kappa shape index (κ3) is 5.04. The topological polar surface area (TPSA) is 67.9 Å². The molecule has 6 nitrogen and oxygen atoms in total. The summed E-state index contributed by atoms with van der Waals surface area (Å²) in [5.74, 6) is -0.421. The highest BCUT2D eigenvalue weighted by Gasteiger charge is 2.24. The van der Waals surface area contributed by atoms with Gasteiger partial charge in [0.2, 0.25) is 11.8 Å². The number of carbonyl (C=O) groups is 2. The van der Waals surface area contributed by atoms with Crippen LogP contribution in [0.25, 0.3) is 0 Å². The first-order valence-corrected chi connectivity index (χ1v) is 8.25. The monoisotopic (exact) mass is 334 g/mol. The van der Waals surface area contributed by atoms with Crippen molar-refractivity contribution in [1.82, 2.24) is 4.90 Å². The van der Waals surface area contributed by atoms with Crippen molar-refractivity contribution in [3.05, 3.63) is 29.3 Å². The van der Waals surface area contributed by atoms with Gasteiger partial charge in [0.05, 0.1) is 6.10 Å². The minimum Gasteiger partial charge on any atom is -0.376 e. The molecule has 1 aliphatic rings. The molecule has 0 radical (unpaired) electrons. The number of nitrogens with one attached hydrogen (secondary N) is 1. The SMILES string of the molecule is COCC(=O)N(CC(=O)Nc1cccc(C)c1C)CC1CCCO1. The molecule has 2 rings (SSSR count). The van der Waals surface area contributed by atoms with Crippen molar-refractivity contribution in [2.75, 3.05) is 38.7 Å². The first-order valence-electron chi connectivity index (χ1n) is 8.25.